The number of ether oxygens (including phenoxy) is 1. The lowest BCUT2D eigenvalue weighted by Crippen LogP contribution is -2.50. The minimum Gasteiger partial charge on any atom is -0.497 e. The van der Waals surface area contributed by atoms with E-state index in [4.69, 9.17) is 4.74 Å². The van der Waals surface area contributed by atoms with Gasteiger partial charge in [0.2, 0.25) is 10.0 Å². The molecule has 146 valence electrons. The lowest BCUT2D eigenvalue weighted by Gasteiger charge is -2.34. The SMILES string of the molecule is COc1cccc(C(=O)N2CCN(S(=O)(=O)c3cccc4nonc34)CC2)c1. The number of carbonyl (C=O) groups excluding carboxylic acids is 1. The average Bonchev–Trinajstić information content (AvgIpc) is 3.22. The predicted octanol–water partition coefficient (Wildman–Crippen LogP) is 1.38. The number of piperazine rings is 1. The summed E-state index contributed by atoms with van der Waals surface area (Å²) in [7, 11) is -2.23. The number of fused-ring (bicyclic) bond motifs is 1. The van der Waals surface area contributed by atoms with Gasteiger partial charge in [-0.05, 0) is 40.6 Å². The molecule has 0 atom stereocenters. The fourth-order valence-electron chi connectivity index (χ4n) is 3.20. The molecule has 1 fully saturated rings. The van der Waals surface area contributed by atoms with Gasteiger partial charge in [0.1, 0.15) is 16.2 Å². The maximum absolute atomic E-state index is 13.0. The Kier molecular flexibility index (Phi) is 4.73. The van der Waals surface area contributed by atoms with Crippen LogP contribution in [0.3, 0.4) is 0 Å². The van der Waals surface area contributed by atoms with E-state index in [1.807, 2.05) is 0 Å². The summed E-state index contributed by atoms with van der Waals surface area (Å²) in [6, 6.07) is 11.6. The van der Waals surface area contributed by atoms with Crippen molar-refractivity contribution in [2.24, 2.45) is 0 Å². The van der Waals surface area contributed by atoms with E-state index >= 15 is 0 Å². The van der Waals surface area contributed by atoms with Gasteiger partial charge in [0, 0.05) is 31.7 Å². The Morgan fingerprint density at radius 2 is 1.82 bits per heavy atom. The smallest absolute Gasteiger partial charge is 0.254 e. The van der Waals surface area contributed by atoms with Crippen LogP contribution in [0.5, 0.6) is 5.75 Å². The van der Waals surface area contributed by atoms with Crippen molar-refractivity contribution in [3.8, 4) is 5.75 Å². The zero-order valence-electron chi connectivity index (χ0n) is 15.1. The molecule has 0 radical (unpaired) electrons. The number of aromatic nitrogens is 2. The second-order valence-electron chi connectivity index (χ2n) is 6.32. The molecule has 0 saturated carbocycles. The van der Waals surface area contributed by atoms with Gasteiger partial charge in [0.15, 0.2) is 5.52 Å². The standard InChI is InChI=1S/C18H18N4O5S/c1-26-14-5-2-4-13(12-14)18(23)21-8-10-22(11-9-21)28(24,25)16-7-3-6-15-17(16)20-27-19-15/h2-7,12H,8-11H2,1H3. The van der Waals surface area contributed by atoms with Crippen molar-refractivity contribution in [3.05, 3.63) is 48.0 Å². The van der Waals surface area contributed by atoms with Crippen LogP contribution in [-0.4, -0.2) is 67.1 Å². The fraction of sp³-hybridized carbons (Fsp3) is 0.278. The monoisotopic (exact) mass is 402 g/mol. The molecule has 0 bridgehead atoms. The lowest BCUT2D eigenvalue weighted by molar-refractivity contribution is 0.0697. The molecule has 9 nitrogen and oxygen atoms in total. The largest absolute Gasteiger partial charge is 0.497 e. The van der Waals surface area contributed by atoms with Crippen LogP contribution in [0.4, 0.5) is 0 Å². The first-order valence-electron chi connectivity index (χ1n) is 8.65. The number of benzene rings is 2. The molecule has 3 aromatic rings. The minimum absolute atomic E-state index is 0.0545. The Morgan fingerprint density at radius 1 is 1.07 bits per heavy atom. The first kappa shape index (κ1) is 18.4. The molecule has 2 aromatic carbocycles. The molecule has 0 N–H and O–H groups in total. The van der Waals surface area contributed by atoms with Crippen LogP contribution in [0.15, 0.2) is 52.0 Å². The highest BCUT2D eigenvalue weighted by molar-refractivity contribution is 7.89. The van der Waals surface area contributed by atoms with Crippen LogP contribution in [0.2, 0.25) is 0 Å². The Labute approximate surface area is 161 Å². The summed E-state index contributed by atoms with van der Waals surface area (Å²) in [5, 5.41) is 7.40. The molecule has 1 amide bonds. The van der Waals surface area contributed by atoms with Gasteiger partial charge in [-0.2, -0.15) is 4.31 Å². The third-order valence-electron chi connectivity index (χ3n) is 4.71. The van der Waals surface area contributed by atoms with E-state index in [1.165, 1.54) is 17.5 Å². The van der Waals surface area contributed by atoms with E-state index in [9.17, 15) is 13.2 Å². The number of hydrogen-bond donors (Lipinski definition) is 0. The highest BCUT2D eigenvalue weighted by atomic mass is 32.2. The molecule has 10 heteroatoms. The van der Waals surface area contributed by atoms with E-state index in [0.717, 1.165) is 0 Å². The van der Waals surface area contributed by atoms with Gasteiger partial charge < -0.3 is 9.64 Å². The van der Waals surface area contributed by atoms with Crippen molar-refractivity contribution in [2.75, 3.05) is 33.3 Å². The zero-order chi connectivity index (χ0) is 19.7. The third kappa shape index (κ3) is 3.20. The van der Waals surface area contributed by atoms with E-state index in [1.54, 1.807) is 41.3 Å². The number of amides is 1. The number of rotatable bonds is 4. The maximum atomic E-state index is 13.0. The van der Waals surface area contributed by atoms with Gasteiger partial charge in [-0.15, -0.1) is 0 Å². The van der Waals surface area contributed by atoms with E-state index in [2.05, 4.69) is 14.9 Å². The van der Waals surface area contributed by atoms with Gasteiger partial charge in [0.05, 0.1) is 7.11 Å². The Bertz CT molecular complexity index is 1120. The molecule has 0 spiro atoms. The van der Waals surface area contributed by atoms with E-state index < -0.39 is 10.0 Å². The van der Waals surface area contributed by atoms with Crippen molar-refractivity contribution in [1.82, 2.24) is 19.5 Å². The van der Waals surface area contributed by atoms with Crippen LogP contribution in [-0.2, 0) is 10.0 Å². The number of sulfonamides is 1. The molecule has 0 unspecified atom stereocenters. The molecule has 1 aliphatic heterocycles. The molecule has 4 rings (SSSR count). The number of nitrogens with zero attached hydrogens (tertiary/aromatic N) is 4. The van der Waals surface area contributed by atoms with Crippen molar-refractivity contribution in [3.63, 3.8) is 0 Å². The number of hydrogen-bond acceptors (Lipinski definition) is 7. The highest BCUT2D eigenvalue weighted by Crippen LogP contribution is 2.24. The quantitative estimate of drug-likeness (QED) is 0.649. The summed E-state index contributed by atoms with van der Waals surface area (Å²) >= 11 is 0. The second-order valence-corrected chi connectivity index (χ2v) is 8.22. The molecular weight excluding hydrogens is 384 g/mol. The number of methoxy groups -OCH3 is 1. The van der Waals surface area contributed by atoms with Crippen LogP contribution in [0, 0.1) is 0 Å². The summed E-state index contributed by atoms with van der Waals surface area (Å²) < 4.78 is 37.2. The van der Waals surface area contributed by atoms with Crippen LogP contribution < -0.4 is 4.74 Å². The van der Waals surface area contributed by atoms with Crippen molar-refractivity contribution in [1.29, 1.82) is 0 Å². The summed E-state index contributed by atoms with van der Waals surface area (Å²) in [5.74, 6) is 0.445. The molecule has 1 aliphatic rings. The van der Waals surface area contributed by atoms with Crippen molar-refractivity contribution < 1.29 is 22.6 Å². The van der Waals surface area contributed by atoms with Gasteiger partial charge in [0.25, 0.3) is 5.91 Å². The first-order valence-corrected chi connectivity index (χ1v) is 10.1. The van der Waals surface area contributed by atoms with Crippen molar-refractivity contribution in [2.45, 2.75) is 4.90 Å². The molecule has 1 saturated heterocycles. The van der Waals surface area contributed by atoms with Gasteiger partial charge in [-0.1, -0.05) is 12.1 Å². The molecule has 2 heterocycles. The normalized spacial score (nSPS) is 15.7. The molecule has 28 heavy (non-hydrogen) atoms. The Hall–Kier alpha value is -2.98. The van der Waals surface area contributed by atoms with E-state index in [0.29, 0.717) is 29.9 Å². The summed E-state index contributed by atoms with van der Waals surface area (Å²) in [6.07, 6.45) is 0. The second kappa shape index (κ2) is 7.21. The topological polar surface area (TPSA) is 106 Å². The van der Waals surface area contributed by atoms with E-state index in [-0.39, 0.29) is 29.4 Å². The molecular formula is C18H18N4O5S. The lowest BCUT2D eigenvalue weighted by atomic mass is 10.1. The summed E-state index contributed by atoms with van der Waals surface area (Å²) in [5.41, 5.74) is 1.10. The summed E-state index contributed by atoms with van der Waals surface area (Å²) in [4.78, 5) is 14.4. The Morgan fingerprint density at radius 3 is 2.57 bits per heavy atom. The fourth-order valence-corrected chi connectivity index (χ4v) is 4.76. The van der Waals surface area contributed by atoms with Gasteiger partial charge in [-0.3, -0.25) is 4.79 Å². The first-order chi connectivity index (χ1) is 13.5. The average molecular weight is 402 g/mol. The zero-order valence-corrected chi connectivity index (χ0v) is 15.9. The van der Waals surface area contributed by atoms with Gasteiger partial charge in [-0.25, -0.2) is 13.0 Å². The van der Waals surface area contributed by atoms with Crippen LogP contribution >= 0.6 is 0 Å². The highest BCUT2D eigenvalue weighted by Gasteiger charge is 2.32. The Balaban J connectivity index is 1.50. The number of carbonyl (C=O) groups is 1. The van der Waals surface area contributed by atoms with Crippen LogP contribution in [0.25, 0.3) is 11.0 Å². The minimum atomic E-state index is -3.77. The molecule has 1 aromatic heterocycles. The summed E-state index contributed by atoms with van der Waals surface area (Å²) in [6.45, 7) is 0.976. The van der Waals surface area contributed by atoms with Crippen molar-refractivity contribution >= 4 is 27.0 Å². The maximum Gasteiger partial charge on any atom is 0.254 e. The third-order valence-corrected chi connectivity index (χ3v) is 6.64. The predicted molar refractivity (Wildman–Crippen MR) is 99.5 cm³/mol. The molecule has 0 aliphatic carbocycles. The van der Waals surface area contributed by atoms with Gasteiger partial charge >= 0.3 is 0 Å². The van der Waals surface area contributed by atoms with Crippen LogP contribution in [0.1, 0.15) is 10.4 Å².